The SMILES string of the molecule is Cc1ccc(S(=O)(=O)N2CCNC3COCC32)cc1. The molecular formula is C13H18N2O3S. The minimum atomic E-state index is -3.42. The Balaban J connectivity index is 1.93. The predicted octanol–water partition coefficient (Wildman–Crippen LogP) is 0.356. The lowest BCUT2D eigenvalue weighted by atomic mass is 10.1. The third kappa shape index (κ3) is 2.29. The van der Waals surface area contributed by atoms with Crippen LogP contribution in [0.2, 0.25) is 0 Å². The maximum absolute atomic E-state index is 12.7. The fraction of sp³-hybridized carbons (Fsp3) is 0.538. The van der Waals surface area contributed by atoms with Crippen molar-refractivity contribution in [2.45, 2.75) is 23.9 Å². The van der Waals surface area contributed by atoms with Crippen LogP contribution < -0.4 is 5.32 Å². The van der Waals surface area contributed by atoms with E-state index in [1.54, 1.807) is 16.4 Å². The van der Waals surface area contributed by atoms with E-state index in [2.05, 4.69) is 5.32 Å². The van der Waals surface area contributed by atoms with Gasteiger partial charge in [-0.1, -0.05) is 17.7 Å². The molecule has 2 aliphatic rings. The third-order valence-corrected chi connectivity index (χ3v) is 5.73. The van der Waals surface area contributed by atoms with Crippen molar-refractivity contribution >= 4 is 10.0 Å². The van der Waals surface area contributed by atoms with Crippen molar-refractivity contribution in [3.05, 3.63) is 29.8 Å². The van der Waals surface area contributed by atoms with Gasteiger partial charge in [0, 0.05) is 19.1 Å². The molecule has 0 amide bonds. The van der Waals surface area contributed by atoms with E-state index in [1.165, 1.54) is 0 Å². The van der Waals surface area contributed by atoms with E-state index in [9.17, 15) is 8.42 Å². The molecule has 1 N–H and O–H groups in total. The summed E-state index contributed by atoms with van der Waals surface area (Å²) in [5.41, 5.74) is 1.06. The minimum absolute atomic E-state index is 0.0833. The van der Waals surface area contributed by atoms with Gasteiger partial charge in [-0.25, -0.2) is 8.42 Å². The monoisotopic (exact) mass is 282 g/mol. The first-order valence-electron chi connectivity index (χ1n) is 6.49. The normalized spacial score (nSPS) is 28.3. The quantitative estimate of drug-likeness (QED) is 0.851. The first kappa shape index (κ1) is 13.1. The van der Waals surface area contributed by atoms with Gasteiger partial charge in [-0.15, -0.1) is 0 Å². The zero-order valence-electron chi connectivity index (χ0n) is 10.9. The van der Waals surface area contributed by atoms with Gasteiger partial charge in [-0.2, -0.15) is 4.31 Å². The Morgan fingerprint density at radius 1 is 1.26 bits per heavy atom. The summed E-state index contributed by atoms with van der Waals surface area (Å²) in [5, 5.41) is 3.31. The van der Waals surface area contributed by atoms with Crippen molar-refractivity contribution in [1.82, 2.24) is 9.62 Å². The second-order valence-electron chi connectivity index (χ2n) is 5.09. The van der Waals surface area contributed by atoms with Gasteiger partial charge in [0.2, 0.25) is 10.0 Å². The van der Waals surface area contributed by atoms with Gasteiger partial charge >= 0.3 is 0 Å². The molecule has 2 aliphatic heterocycles. The summed E-state index contributed by atoms with van der Waals surface area (Å²) in [4.78, 5) is 0.366. The Bertz CT molecular complexity index is 556. The summed E-state index contributed by atoms with van der Waals surface area (Å²) >= 11 is 0. The van der Waals surface area contributed by atoms with Crippen LogP contribution in [0.25, 0.3) is 0 Å². The number of aryl methyl sites for hydroxylation is 1. The summed E-state index contributed by atoms with van der Waals surface area (Å²) in [6, 6.07) is 7.05. The van der Waals surface area contributed by atoms with Gasteiger partial charge in [0.05, 0.1) is 24.2 Å². The highest BCUT2D eigenvalue weighted by Crippen LogP contribution is 2.24. The molecule has 0 aliphatic carbocycles. The van der Waals surface area contributed by atoms with Crippen LogP contribution in [0.5, 0.6) is 0 Å². The first-order chi connectivity index (χ1) is 9.09. The highest BCUT2D eigenvalue weighted by Gasteiger charge is 2.42. The predicted molar refractivity (Wildman–Crippen MR) is 71.5 cm³/mol. The molecule has 2 heterocycles. The third-order valence-electron chi connectivity index (χ3n) is 3.79. The van der Waals surface area contributed by atoms with Gasteiger partial charge in [0.1, 0.15) is 0 Å². The lowest BCUT2D eigenvalue weighted by Gasteiger charge is -2.35. The molecular weight excluding hydrogens is 264 g/mol. The molecule has 2 fully saturated rings. The van der Waals surface area contributed by atoms with Crippen molar-refractivity contribution in [3.8, 4) is 0 Å². The molecule has 2 unspecified atom stereocenters. The van der Waals surface area contributed by atoms with Gasteiger partial charge < -0.3 is 10.1 Å². The number of nitrogens with zero attached hydrogens (tertiary/aromatic N) is 1. The van der Waals surface area contributed by atoms with Gasteiger partial charge in [-0.3, -0.25) is 0 Å². The van der Waals surface area contributed by atoms with Crippen LogP contribution in [0.15, 0.2) is 29.2 Å². The molecule has 6 heteroatoms. The standard InChI is InChI=1S/C13H18N2O3S/c1-10-2-4-11(5-3-10)19(16,17)15-7-6-14-12-8-18-9-13(12)15/h2-5,12-14H,6-9H2,1H3. The number of fused-ring (bicyclic) bond motifs is 1. The van der Waals surface area contributed by atoms with Gasteiger partial charge in [-0.05, 0) is 19.1 Å². The molecule has 5 nitrogen and oxygen atoms in total. The molecule has 1 aromatic carbocycles. The van der Waals surface area contributed by atoms with E-state index < -0.39 is 10.0 Å². The second-order valence-corrected chi connectivity index (χ2v) is 6.98. The molecule has 0 radical (unpaired) electrons. The van der Waals surface area contributed by atoms with E-state index >= 15 is 0 Å². The highest BCUT2D eigenvalue weighted by atomic mass is 32.2. The number of hydrogen-bond donors (Lipinski definition) is 1. The molecule has 3 rings (SSSR count). The maximum atomic E-state index is 12.7. The smallest absolute Gasteiger partial charge is 0.243 e. The van der Waals surface area contributed by atoms with E-state index in [0.717, 1.165) is 5.56 Å². The van der Waals surface area contributed by atoms with Gasteiger partial charge in [0.15, 0.2) is 0 Å². The number of benzene rings is 1. The Morgan fingerprint density at radius 2 is 2.00 bits per heavy atom. The summed E-state index contributed by atoms with van der Waals surface area (Å²) in [6.45, 7) is 4.19. The van der Waals surface area contributed by atoms with Crippen molar-refractivity contribution in [1.29, 1.82) is 0 Å². The number of ether oxygens (including phenoxy) is 1. The van der Waals surface area contributed by atoms with E-state index in [0.29, 0.717) is 31.2 Å². The second kappa shape index (κ2) is 4.86. The lowest BCUT2D eigenvalue weighted by molar-refractivity contribution is 0.178. The van der Waals surface area contributed by atoms with Crippen molar-refractivity contribution in [2.24, 2.45) is 0 Å². The number of hydrogen-bond acceptors (Lipinski definition) is 4. The molecule has 0 saturated carbocycles. The van der Waals surface area contributed by atoms with Crippen LogP contribution in [-0.4, -0.2) is 51.1 Å². The van der Waals surface area contributed by atoms with E-state index in [1.807, 2.05) is 19.1 Å². The summed E-state index contributed by atoms with van der Waals surface area (Å²) < 4.78 is 32.4. The van der Waals surface area contributed by atoms with E-state index in [4.69, 9.17) is 4.74 Å². The van der Waals surface area contributed by atoms with Crippen molar-refractivity contribution in [2.75, 3.05) is 26.3 Å². The van der Waals surface area contributed by atoms with Crippen LogP contribution in [0, 0.1) is 6.92 Å². The van der Waals surface area contributed by atoms with E-state index in [-0.39, 0.29) is 12.1 Å². The molecule has 2 saturated heterocycles. The zero-order valence-corrected chi connectivity index (χ0v) is 11.7. The molecule has 104 valence electrons. The minimum Gasteiger partial charge on any atom is -0.378 e. The van der Waals surface area contributed by atoms with Crippen LogP contribution >= 0.6 is 0 Å². The van der Waals surface area contributed by atoms with Gasteiger partial charge in [0.25, 0.3) is 0 Å². The number of rotatable bonds is 2. The maximum Gasteiger partial charge on any atom is 0.243 e. The van der Waals surface area contributed by atoms with Crippen LogP contribution in [0.1, 0.15) is 5.56 Å². The average molecular weight is 282 g/mol. The largest absolute Gasteiger partial charge is 0.378 e. The molecule has 2 atom stereocenters. The molecule has 19 heavy (non-hydrogen) atoms. The molecule has 0 aromatic heterocycles. The topological polar surface area (TPSA) is 58.6 Å². The highest BCUT2D eigenvalue weighted by molar-refractivity contribution is 7.89. The molecule has 0 spiro atoms. The lowest BCUT2D eigenvalue weighted by Crippen LogP contribution is -2.58. The summed E-state index contributed by atoms with van der Waals surface area (Å²) in [6.07, 6.45) is 0. The first-order valence-corrected chi connectivity index (χ1v) is 7.93. The number of piperazine rings is 1. The zero-order chi connectivity index (χ0) is 13.5. The van der Waals surface area contributed by atoms with Crippen LogP contribution in [0.3, 0.4) is 0 Å². The number of nitrogens with one attached hydrogen (secondary N) is 1. The summed E-state index contributed by atoms with van der Waals surface area (Å²) in [5.74, 6) is 0. The Labute approximate surface area is 113 Å². The molecule has 1 aromatic rings. The Kier molecular flexibility index (Phi) is 3.34. The van der Waals surface area contributed by atoms with Crippen molar-refractivity contribution < 1.29 is 13.2 Å². The Hall–Kier alpha value is -0.950. The summed E-state index contributed by atoms with van der Waals surface area (Å²) in [7, 11) is -3.42. The number of sulfonamides is 1. The Morgan fingerprint density at radius 3 is 2.74 bits per heavy atom. The average Bonchev–Trinajstić information content (AvgIpc) is 2.87. The van der Waals surface area contributed by atoms with Crippen LogP contribution in [-0.2, 0) is 14.8 Å². The molecule has 0 bridgehead atoms. The van der Waals surface area contributed by atoms with Crippen LogP contribution in [0.4, 0.5) is 0 Å². The fourth-order valence-corrected chi connectivity index (χ4v) is 4.34. The van der Waals surface area contributed by atoms with Crippen molar-refractivity contribution in [3.63, 3.8) is 0 Å². The fourth-order valence-electron chi connectivity index (χ4n) is 2.69.